The fourth-order valence-corrected chi connectivity index (χ4v) is 3.34. The van der Waals surface area contributed by atoms with E-state index in [1.54, 1.807) is 0 Å². The van der Waals surface area contributed by atoms with Gasteiger partial charge < -0.3 is 10.2 Å². The first-order valence-electron chi connectivity index (χ1n) is 7.66. The van der Waals surface area contributed by atoms with E-state index in [1.165, 1.54) is 45.2 Å². The van der Waals surface area contributed by atoms with Crippen molar-refractivity contribution in [3.8, 4) is 0 Å². The second kappa shape index (κ2) is 6.55. The van der Waals surface area contributed by atoms with Crippen molar-refractivity contribution in [3.63, 3.8) is 0 Å². The number of rotatable bonds is 3. The van der Waals surface area contributed by atoms with Gasteiger partial charge in [-0.1, -0.05) is 13.8 Å². The summed E-state index contributed by atoms with van der Waals surface area (Å²) < 4.78 is 0. The van der Waals surface area contributed by atoms with Gasteiger partial charge in [0, 0.05) is 19.0 Å². The molecule has 0 saturated carbocycles. The van der Waals surface area contributed by atoms with Gasteiger partial charge in [-0.15, -0.1) is 0 Å². The number of likely N-dealkylation sites (tertiary alicyclic amines) is 1. The van der Waals surface area contributed by atoms with Crippen LogP contribution in [0.3, 0.4) is 0 Å². The van der Waals surface area contributed by atoms with E-state index in [4.69, 9.17) is 0 Å². The summed E-state index contributed by atoms with van der Waals surface area (Å²) in [5, 5.41) is 3.43. The van der Waals surface area contributed by atoms with Gasteiger partial charge in [-0.25, -0.2) is 0 Å². The quantitative estimate of drug-likeness (QED) is 0.835. The van der Waals surface area contributed by atoms with Gasteiger partial charge in [0.2, 0.25) is 5.91 Å². The molecule has 2 saturated heterocycles. The predicted molar refractivity (Wildman–Crippen MR) is 74.4 cm³/mol. The Labute approximate surface area is 111 Å². The number of nitrogens with zero attached hydrogens (tertiary/aromatic N) is 1. The van der Waals surface area contributed by atoms with E-state index in [9.17, 15) is 4.79 Å². The molecule has 2 aliphatic rings. The molecule has 0 aromatic heterocycles. The highest BCUT2D eigenvalue weighted by molar-refractivity contribution is 5.78. The monoisotopic (exact) mass is 252 g/mol. The van der Waals surface area contributed by atoms with Crippen LogP contribution in [0.2, 0.25) is 0 Å². The number of hydrogen-bond donors (Lipinski definition) is 1. The Morgan fingerprint density at radius 3 is 2.22 bits per heavy atom. The van der Waals surface area contributed by atoms with Crippen LogP contribution < -0.4 is 5.32 Å². The second-order valence-electron chi connectivity index (χ2n) is 6.35. The lowest BCUT2D eigenvalue weighted by molar-refractivity contribution is -0.135. The Morgan fingerprint density at radius 1 is 1.11 bits per heavy atom. The average Bonchev–Trinajstić information content (AvgIpc) is 2.40. The summed E-state index contributed by atoms with van der Waals surface area (Å²) in [5.41, 5.74) is 0. The van der Waals surface area contributed by atoms with E-state index in [0.29, 0.717) is 5.91 Å². The maximum absolute atomic E-state index is 11.9. The summed E-state index contributed by atoms with van der Waals surface area (Å²) in [7, 11) is 0. The van der Waals surface area contributed by atoms with Crippen LogP contribution in [0, 0.1) is 17.8 Å². The van der Waals surface area contributed by atoms with Crippen LogP contribution >= 0.6 is 0 Å². The minimum absolute atomic E-state index is 0.158. The van der Waals surface area contributed by atoms with Gasteiger partial charge in [-0.05, 0) is 57.0 Å². The molecule has 3 nitrogen and oxygen atoms in total. The van der Waals surface area contributed by atoms with Crippen molar-refractivity contribution >= 4 is 5.91 Å². The molecule has 2 heterocycles. The van der Waals surface area contributed by atoms with Gasteiger partial charge >= 0.3 is 0 Å². The van der Waals surface area contributed by atoms with Crippen molar-refractivity contribution in [1.29, 1.82) is 0 Å². The molecule has 0 radical (unpaired) electrons. The van der Waals surface area contributed by atoms with Crippen LogP contribution in [0.15, 0.2) is 0 Å². The lowest BCUT2D eigenvalue weighted by Gasteiger charge is -2.35. The summed E-state index contributed by atoms with van der Waals surface area (Å²) in [4.78, 5) is 14.0. The maximum Gasteiger partial charge on any atom is 0.225 e. The van der Waals surface area contributed by atoms with Crippen LogP contribution in [-0.4, -0.2) is 37.0 Å². The molecule has 0 spiro atoms. The number of hydrogen-bond acceptors (Lipinski definition) is 2. The van der Waals surface area contributed by atoms with Gasteiger partial charge in [0.25, 0.3) is 0 Å². The number of carbonyl (C=O) groups is 1. The average molecular weight is 252 g/mol. The molecule has 0 unspecified atom stereocenters. The molecular weight excluding hydrogens is 224 g/mol. The maximum atomic E-state index is 11.9. The molecule has 1 amide bonds. The molecule has 0 atom stereocenters. The van der Waals surface area contributed by atoms with Crippen LogP contribution in [0.1, 0.15) is 46.0 Å². The highest BCUT2D eigenvalue weighted by Crippen LogP contribution is 2.28. The summed E-state index contributed by atoms with van der Waals surface area (Å²) in [6, 6.07) is 0. The highest BCUT2D eigenvalue weighted by Gasteiger charge is 2.26. The zero-order valence-electron chi connectivity index (χ0n) is 12.0. The van der Waals surface area contributed by atoms with Crippen molar-refractivity contribution < 1.29 is 4.79 Å². The first-order valence-corrected chi connectivity index (χ1v) is 7.66. The van der Waals surface area contributed by atoms with E-state index < -0.39 is 0 Å². The Kier molecular flexibility index (Phi) is 5.04. The van der Waals surface area contributed by atoms with E-state index in [0.717, 1.165) is 24.9 Å². The molecule has 0 aliphatic carbocycles. The summed E-state index contributed by atoms with van der Waals surface area (Å²) in [5.74, 6) is 2.30. The minimum atomic E-state index is 0.158. The Balaban J connectivity index is 1.71. The van der Waals surface area contributed by atoms with Crippen molar-refractivity contribution in [2.45, 2.75) is 46.0 Å². The predicted octanol–water partition coefficient (Wildman–Crippen LogP) is 2.27. The van der Waals surface area contributed by atoms with Crippen molar-refractivity contribution in [2.75, 3.05) is 26.2 Å². The van der Waals surface area contributed by atoms with Gasteiger partial charge in [0.05, 0.1) is 0 Å². The summed E-state index contributed by atoms with van der Waals surface area (Å²) in [6.45, 7) is 8.40. The van der Waals surface area contributed by atoms with Gasteiger partial charge in [0.1, 0.15) is 0 Å². The van der Waals surface area contributed by atoms with Crippen molar-refractivity contribution in [3.05, 3.63) is 0 Å². The lowest BCUT2D eigenvalue weighted by atomic mass is 9.83. The number of nitrogens with one attached hydrogen (secondary N) is 1. The van der Waals surface area contributed by atoms with E-state index >= 15 is 0 Å². The Hall–Kier alpha value is -0.570. The lowest BCUT2D eigenvalue weighted by Crippen LogP contribution is -2.41. The van der Waals surface area contributed by atoms with E-state index in [2.05, 4.69) is 10.2 Å². The highest BCUT2D eigenvalue weighted by atomic mass is 16.2. The Bertz CT molecular complexity index is 264. The molecule has 2 fully saturated rings. The first-order chi connectivity index (χ1) is 8.66. The number of carbonyl (C=O) groups excluding carboxylic acids is 1. The second-order valence-corrected chi connectivity index (χ2v) is 6.35. The Morgan fingerprint density at radius 2 is 1.67 bits per heavy atom. The third kappa shape index (κ3) is 3.71. The van der Waals surface area contributed by atoms with Gasteiger partial charge in [0.15, 0.2) is 0 Å². The van der Waals surface area contributed by atoms with E-state index in [1.807, 2.05) is 13.8 Å². The molecule has 0 aromatic rings. The SMILES string of the molecule is CC(C)C(=O)N1CCC(CC2CCNCC2)CC1. The van der Waals surface area contributed by atoms with E-state index in [-0.39, 0.29) is 5.92 Å². The van der Waals surface area contributed by atoms with Crippen molar-refractivity contribution in [2.24, 2.45) is 17.8 Å². The standard InChI is InChI=1S/C15H28N2O/c1-12(2)15(18)17-9-5-14(6-10-17)11-13-3-7-16-8-4-13/h12-14,16H,3-11H2,1-2H3. The molecule has 1 N–H and O–H groups in total. The topological polar surface area (TPSA) is 32.3 Å². The summed E-state index contributed by atoms with van der Waals surface area (Å²) >= 11 is 0. The number of amides is 1. The van der Waals surface area contributed by atoms with Gasteiger partial charge in [-0.3, -0.25) is 4.79 Å². The number of piperidine rings is 2. The molecule has 2 rings (SSSR count). The van der Waals surface area contributed by atoms with Crippen LogP contribution in [0.25, 0.3) is 0 Å². The molecule has 18 heavy (non-hydrogen) atoms. The zero-order chi connectivity index (χ0) is 13.0. The van der Waals surface area contributed by atoms with Crippen LogP contribution in [-0.2, 0) is 4.79 Å². The fraction of sp³-hybridized carbons (Fsp3) is 0.933. The third-order valence-electron chi connectivity index (χ3n) is 4.55. The molecule has 0 bridgehead atoms. The van der Waals surface area contributed by atoms with Crippen molar-refractivity contribution in [1.82, 2.24) is 10.2 Å². The smallest absolute Gasteiger partial charge is 0.225 e. The molecule has 3 heteroatoms. The first kappa shape index (κ1) is 13.9. The third-order valence-corrected chi connectivity index (χ3v) is 4.55. The van der Waals surface area contributed by atoms with Crippen LogP contribution in [0.4, 0.5) is 0 Å². The van der Waals surface area contributed by atoms with Crippen LogP contribution in [0.5, 0.6) is 0 Å². The molecule has 0 aromatic carbocycles. The summed E-state index contributed by atoms with van der Waals surface area (Å²) in [6.07, 6.45) is 6.55. The molecular formula is C15H28N2O. The largest absolute Gasteiger partial charge is 0.342 e. The molecule has 104 valence electrons. The molecule has 2 aliphatic heterocycles. The normalized spacial score (nSPS) is 23.6. The fourth-order valence-electron chi connectivity index (χ4n) is 3.34. The zero-order valence-corrected chi connectivity index (χ0v) is 12.0. The van der Waals surface area contributed by atoms with Gasteiger partial charge in [-0.2, -0.15) is 0 Å². The minimum Gasteiger partial charge on any atom is -0.342 e.